The van der Waals surface area contributed by atoms with E-state index in [0.717, 1.165) is 9.88 Å². The third-order valence-electron chi connectivity index (χ3n) is 2.70. The molecule has 110 valence electrons. The first-order valence-electron chi connectivity index (χ1n) is 6.06. The van der Waals surface area contributed by atoms with E-state index in [4.69, 9.17) is 5.11 Å². The molecule has 0 aromatic carbocycles. The summed E-state index contributed by atoms with van der Waals surface area (Å²) in [6.45, 7) is 1.97. The molecular formula is C12H14F3N3OS. The van der Waals surface area contributed by atoms with Gasteiger partial charge in [0, 0.05) is 29.4 Å². The Balaban J connectivity index is 2.23. The Morgan fingerprint density at radius 3 is 2.70 bits per heavy atom. The Kier molecular flexibility index (Phi) is 4.44. The predicted molar refractivity (Wildman–Crippen MR) is 68.6 cm³/mol. The number of aliphatic hydroxyl groups excluding tert-OH is 1. The van der Waals surface area contributed by atoms with Gasteiger partial charge in [0.25, 0.3) is 0 Å². The van der Waals surface area contributed by atoms with Gasteiger partial charge in [0.05, 0.1) is 11.6 Å². The molecule has 0 fully saturated rings. The molecule has 0 bridgehead atoms. The lowest BCUT2D eigenvalue weighted by Gasteiger charge is -2.04. The molecule has 0 spiro atoms. The van der Waals surface area contributed by atoms with Gasteiger partial charge in [-0.05, 0) is 19.8 Å². The largest absolute Gasteiger partial charge is 0.435 e. The smallest absolute Gasteiger partial charge is 0.396 e. The molecule has 1 N–H and O–H groups in total. The van der Waals surface area contributed by atoms with E-state index in [-0.39, 0.29) is 31.6 Å². The number of rotatable bonds is 5. The van der Waals surface area contributed by atoms with E-state index >= 15 is 0 Å². The summed E-state index contributed by atoms with van der Waals surface area (Å²) in [6.07, 6.45) is -0.989. The van der Waals surface area contributed by atoms with Crippen molar-refractivity contribution < 1.29 is 18.3 Å². The summed E-state index contributed by atoms with van der Waals surface area (Å²) in [7, 11) is 0. The molecule has 2 aromatic heterocycles. The van der Waals surface area contributed by atoms with Crippen LogP contribution in [0, 0.1) is 6.92 Å². The molecule has 2 heterocycles. The molecule has 0 saturated heterocycles. The van der Waals surface area contributed by atoms with Crippen molar-refractivity contribution in [1.29, 1.82) is 0 Å². The highest BCUT2D eigenvalue weighted by Gasteiger charge is 2.36. The lowest BCUT2D eigenvalue weighted by molar-refractivity contribution is -0.142. The fourth-order valence-corrected chi connectivity index (χ4v) is 2.66. The summed E-state index contributed by atoms with van der Waals surface area (Å²) >= 11 is 1.43. The van der Waals surface area contributed by atoms with Crippen molar-refractivity contribution >= 4 is 11.3 Å². The Bertz CT molecular complexity index is 577. The standard InChI is InChI=1S/C12H14F3N3OS/c1-8-16-5-10(20-8)7-18-6-9(3-2-4-19)11(17-18)12(13,14)15/h5-6,19H,2-4,7H2,1H3. The SMILES string of the molecule is Cc1ncc(Cn2cc(CCCO)c(C(F)(F)F)n2)s1. The maximum atomic E-state index is 12.9. The van der Waals surface area contributed by atoms with Crippen LogP contribution in [0.2, 0.25) is 0 Å². The number of aryl methyl sites for hydroxylation is 2. The lowest BCUT2D eigenvalue weighted by atomic mass is 10.1. The second-order valence-electron chi connectivity index (χ2n) is 4.37. The molecule has 0 aliphatic rings. The van der Waals surface area contributed by atoms with Crippen LogP contribution >= 0.6 is 11.3 Å². The summed E-state index contributed by atoms with van der Waals surface area (Å²) in [5.74, 6) is 0. The average molecular weight is 305 g/mol. The summed E-state index contributed by atoms with van der Waals surface area (Å²) in [6, 6.07) is 0. The molecule has 2 rings (SSSR count). The first-order chi connectivity index (χ1) is 9.40. The molecule has 8 heteroatoms. The molecule has 20 heavy (non-hydrogen) atoms. The van der Waals surface area contributed by atoms with Gasteiger partial charge >= 0.3 is 6.18 Å². The van der Waals surface area contributed by atoms with Crippen LogP contribution in [0.15, 0.2) is 12.4 Å². The van der Waals surface area contributed by atoms with Crippen molar-refractivity contribution in [2.45, 2.75) is 32.5 Å². The Hall–Kier alpha value is -1.41. The van der Waals surface area contributed by atoms with Crippen LogP contribution in [0.25, 0.3) is 0 Å². The van der Waals surface area contributed by atoms with E-state index in [1.165, 1.54) is 22.2 Å². The zero-order valence-corrected chi connectivity index (χ0v) is 11.6. The zero-order valence-electron chi connectivity index (χ0n) is 10.8. The molecule has 0 radical (unpaired) electrons. The molecular weight excluding hydrogens is 291 g/mol. The van der Waals surface area contributed by atoms with Crippen molar-refractivity contribution in [3.8, 4) is 0 Å². The summed E-state index contributed by atoms with van der Waals surface area (Å²) in [4.78, 5) is 4.92. The number of nitrogens with zero attached hydrogens (tertiary/aromatic N) is 3. The lowest BCUT2D eigenvalue weighted by Crippen LogP contribution is -2.10. The van der Waals surface area contributed by atoms with Gasteiger partial charge < -0.3 is 5.11 Å². The van der Waals surface area contributed by atoms with Gasteiger partial charge in [0.1, 0.15) is 0 Å². The highest BCUT2D eigenvalue weighted by Crippen LogP contribution is 2.31. The number of aromatic nitrogens is 3. The summed E-state index contributed by atoms with van der Waals surface area (Å²) in [5, 5.41) is 13.2. The Morgan fingerprint density at radius 1 is 1.40 bits per heavy atom. The highest BCUT2D eigenvalue weighted by atomic mass is 32.1. The van der Waals surface area contributed by atoms with Crippen molar-refractivity contribution in [3.63, 3.8) is 0 Å². The van der Waals surface area contributed by atoms with E-state index in [2.05, 4.69) is 10.1 Å². The molecule has 0 saturated carbocycles. The average Bonchev–Trinajstić information content (AvgIpc) is 2.93. The van der Waals surface area contributed by atoms with Crippen molar-refractivity contribution in [2.75, 3.05) is 6.61 Å². The van der Waals surface area contributed by atoms with Crippen LogP contribution < -0.4 is 0 Å². The Morgan fingerprint density at radius 2 is 2.15 bits per heavy atom. The van der Waals surface area contributed by atoms with E-state index in [1.54, 1.807) is 6.20 Å². The predicted octanol–water partition coefficient (Wildman–Crippen LogP) is 2.64. The molecule has 0 aliphatic carbocycles. The van der Waals surface area contributed by atoms with Crippen molar-refractivity contribution in [3.05, 3.63) is 33.5 Å². The van der Waals surface area contributed by atoms with Crippen LogP contribution in [-0.4, -0.2) is 26.5 Å². The maximum absolute atomic E-state index is 12.9. The maximum Gasteiger partial charge on any atom is 0.435 e. The van der Waals surface area contributed by atoms with E-state index in [9.17, 15) is 13.2 Å². The second kappa shape index (κ2) is 5.92. The van der Waals surface area contributed by atoms with Gasteiger partial charge in [-0.2, -0.15) is 18.3 Å². The van der Waals surface area contributed by atoms with Crippen LogP contribution in [-0.2, 0) is 19.1 Å². The Labute approximate surface area is 117 Å². The fourth-order valence-electron chi connectivity index (χ4n) is 1.87. The minimum Gasteiger partial charge on any atom is -0.396 e. The highest BCUT2D eigenvalue weighted by molar-refractivity contribution is 7.11. The molecule has 0 amide bonds. The number of halogens is 3. The minimum atomic E-state index is -4.47. The topological polar surface area (TPSA) is 50.9 Å². The van der Waals surface area contributed by atoms with Gasteiger partial charge in [0.15, 0.2) is 5.69 Å². The molecule has 0 unspecified atom stereocenters. The molecule has 0 atom stereocenters. The number of hydrogen-bond donors (Lipinski definition) is 1. The van der Waals surface area contributed by atoms with Crippen molar-refractivity contribution in [2.24, 2.45) is 0 Å². The second-order valence-corrected chi connectivity index (χ2v) is 5.69. The fraction of sp³-hybridized carbons (Fsp3) is 0.500. The zero-order chi connectivity index (χ0) is 14.8. The van der Waals surface area contributed by atoms with Gasteiger partial charge in [-0.1, -0.05) is 0 Å². The van der Waals surface area contributed by atoms with Crippen LogP contribution in [0.3, 0.4) is 0 Å². The quantitative estimate of drug-likeness (QED) is 0.924. The summed E-state index contributed by atoms with van der Waals surface area (Å²) in [5.41, 5.74) is -0.750. The normalized spacial score (nSPS) is 12.1. The van der Waals surface area contributed by atoms with E-state index in [1.807, 2.05) is 6.92 Å². The number of alkyl halides is 3. The molecule has 4 nitrogen and oxygen atoms in total. The van der Waals surface area contributed by atoms with Gasteiger partial charge in [0.2, 0.25) is 0 Å². The third kappa shape index (κ3) is 3.57. The minimum absolute atomic E-state index is 0.118. The van der Waals surface area contributed by atoms with Crippen LogP contribution in [0.1, 0.15) is 27.6 Å². The van der Waals surface area contributed by atoms with E-state index < -0.39 is 11.9 Å². The third-order valence-corrected chi connectivity index (χ3v) is 3.59. The monoisotopic (exact) mass is 305 g/mol. The first-order valence-corrected chi connectivity index (χ1v) is 6.87. The summed E-state index contributed by atoms with van der Waals surface area (Å²) < 4.78 is 39.9. The molecule has 2 aromatic rings. The number of hydrogen-bond acceptors (Lipinski definition) is 4. The molecule has 0 aliphatic heterocycles. The van der Waals surface area contributed by atoms with Crippen molar-refractivity contribution in [1.82, 2.24) is 14.8 Å². The van der Waals surface area contributed by atoms with Crippen LogP contribution in [0.4, 0.5) is 13.2 Å². The first kappa shape index (κ1) is 15.0. The number of thiazole rings is 1. The van der Waals surface area contributed by atoms with E-state index in [0.29, 0.717) is 0 Å². The number of aliphatic hydroxyl groups is 1. The van der Waals surface area contributed by atoms with Crippen LogP contribution in [0.5, 0.6) is 0 Å². The van der Waals surface area contributed by atoms with Gasteiger partial charge in [-0.25, -0.2) is 4.98 Å². The van der Waals surface area contributed by atoms with Gasteiger partial charge in [-0.3, -0.25) is 4.68 Å². The van der Waals surface area contributed by atoms with Gasteiger partial charge in [-0.15, -0.1) is 11.3 Å².